The van der Waals surface area contributed by atoms with E-state index in [2.05, 4.69) is 13.0 Å². The Kier molecular flexibility index (Phi) is 6.04. The van der Waals surface area contributed by atoms with Crippen LogP contribution in [0.1, 0.15) is 23.6 Å². The van der Waals surface area contributed by atoms with Crippen LogP contribution in [0.25, 0.3) is 6.08 Å². The van der Waals surface area contributed by atoms with Crippen LogP contribution in [0.5, 0.6) is 11.5 Å². The molecule has 1 aliphatic rings. The first-order valence-corrected chi connectivity index (χ1v) is 11.3. The predicted octanol–water partition coefficient (Wildman–Crippen LogP) is 6.88. The first kappa shape index (κ1) is 21.4. The zero-order valence-electron chi connectivity index (χ0n) is 18.9. The number of anilines is 1. The van der Waals surface area contributed by atoms with Gasteiger partial charge in [-0.1, -0.05) is 85.8 Å². The van der Waals surface area contributed by atoms with E-state index in [0.717, 1.165) is 34.5 Å². The van der Waals surface area contributed by atoms with Crippen LogP contribution in [0.4, 0.5) is 5.69 Å². The summed E-state index contributed by atoms with van der Waals surface area (Å²) in [5, 5.41) is 0. The summed E-state index contributed by atoms with van der Waals surface area (Å²) in [6, 6.07) is 35.1. The lowest BCUT2D eigenvalue weighted by molar-refractivity contribution is -0.113. The van der Waals surface area contributed by atoms with Gasteiger partial charge in [-0.05, 0) is 54.0 Å². The third-order valence-electron chi connectivity index (χ3n) is 5.65. The van der Waals surface area contributed by atoms with Crippen LogP contribution in [0, 0.1) is 0 Å². The van der Waals surface area contributed by atoms with Gasteiger partial charge in [-0.15, -0.1) is 0 Å². The number of carbonyl (C=O) groups is 1. The van der Waals surface area contributed by atoms with Gasteiger partial charge in [0.2, 0.25) is 0 Å². The molecule has 0 aliphatic carbocycles. The van der Waals surface area contributed by atoms with E-state index >= 15 is 0 Å². The fourth-order valence-electron chi connectivity index (χ4n) is 4.00. The first-order valence-electron chi connectivity index (χ1n) is 11.3. The van der Waals surface area contributed by atoms with Crippen molar-refractivity contribution in [1.29, 1.82) is 0 Å². The summed E-state index contributed by atoms with van der Waals surface area (Å²) in [4.78, 5) is 20.2. The molecule has 0 bridgehead atoms. The zero-order valence-corrected chi connectivity index (χ0v) is 18.9. The lowest BCUT2D eigenvalue weighted by Gasteiger charge is -2.21. The minimum Gasteiger partial charge on any atom is -0.457 e. The maximum Gasteiger partial charge on any atom is 0.282 e. The van der Waals surface area contributed by atoms with Crippen LogP contribution in [-0.2, 0) is 11.2 Å². The largest absolute Gasteiger partial charge is 0.457 e. The minimum atomic E-state index is -0.144. The molecule has 166 valence electrons. The van der Waals surface area contributed by atoms with E-state index in [-0.39, 0.29) is 5.91 Å². The van der Waals surface area contributed by atoms with Gasteiger partial charge in [-0.25, -0.2) is 4.99 Å². The third kappa shape index (κ3) is 4.39. The molecule has 5 rings (SSSR count). The maximum absolute atomic E-state index is 13.6. The summed E-state index contributed by atoms with van der Waals surface area (Å²) in [7, 11) is 0. The number of aryl methyl sites for hydroxylation is 1. The van der Waals surface area contributed by atoms with Gasteiger partial charge in [0.1, 0.15) is 23.0 Å². The van der Waals surface area contributed by atoms with Crippen LogP contribution in [-0.4, -0.2) is 11.7 Å². The van der Waals surface area contributed by atoms with E-state index in [9.17, 15) is 4.79 Å². The fourth-order valence-corrected chi connectivity index (χ4v) is 4.00. The zero-order chi connectivity index (χ0) is 23.3. The first-order chi connectivity index (χ1) is 16.7. The van der Waals surface area contributed by atoms with E-state index in [4.69, 9.17) is 9.73 Å². The summed E-state index contributed by atoms with van der Waals surface area (Å²) in [6.07, 6.45) is 2.64. The van der Waals surface area contributed by atoms with E-state index < -0.39 is 0 Å². The van der Waals surface area contributed by atoms with Crippen molar-refractivity contribution in [2.24, 2.45) is 4.99 Å². The molecule has 0 spiro atoms. The summed E-state index contributed by atoms with van der Waals surface area (Å²) in [5.74, 6) is 1.95. The smallest absolute Gasteiger partial charge is 0.282 e. The Bertz CT molecular complexity index is 1380. The second-order valence-corrected chi connectivity index (χ2v) is 7.94. The molecule has 1 heterocycles. The van der Waals surface area contributed by atoms with Crippen molar-refractivity contribution in [2.75, 3.05) is 4.90 Å². The molecule has 4 heteroatoms. The standard InChI is InChI=1S/C30H24N2O2/c1-2-23-13-9-10-19-28(23)32-29(24-14-5-3-6-15-24)31-27(30(32)33)21-22-12-11-18-26(20-22)34-25-16-7-4-8-17-25/h3-21H,2H2,1H3. The highest BCUT2D eigenvalue weighted by molar-refractivity contribution is 6.33. The van der Waals surface area contributed by atoms with Crippen LogP contribution in [0.3, 0.4) is 0 Å². The number of aliphatic imine (C=N–C) groups is 1. The van der Waals surface area contributed by atoms with Crippen LogP contribution >= 0.6 is 0 Å². The number of ether oxygens (including phenoxy) is 1. The number of amides is 1. The average molecular weight is 445 g/mol. The van der Waals surface area contributed by atoms with Gasteiger partial charge in [0.05, 0.1) is 5.69 Å². The fraction of sp³-hybridized carbons (Fsp3) is 0.0667. The van der Waals surface area contributed by atoms with Crippen LogP contribution < -0.4 is 9.64 Å². The molecule has 1 aliphatic heterocycles. The van der Waals surface area contributed by atoms with Crippen molar-refractivity contribution >= 4 is 23.5 Å². The molecule has 4 aromatic carbocycles. The summed E-state index contributed by atoms with van der Waals surface area (Å²) >= 11 is 0. The normalized spacial score (nSPS) is 14.4. The maximum atomic E-state index is 13.6. The van der Waals surface area contributed by atoms with Gasteiger partial charge >= 0.3 is 0 Å². The Morgan fingerprint density at radius 1 is 0.794 bits per heavy atom. The van der Waals surface area contributed by atoms with Crippen LogP contribution in [0.15, 0.2) is 120 Å². The Labute approximate surface area is 199 Å². The van der Waals surface area contributed by atoms with E-state index in [1.165, 1.54) is 0 Å². The Balaban J connectivity index is 1.54. The van der Waals surface area contributed by atoms with Gasteiger partial charge in [-0.2, -0.15) is 0 Å². The molecule has 0 aromatic heterocycles. The Morgan fingerprint density at radius 3 is 2.24 bits per heavy atom. The highest BCUT2D eigenvalue weighted by Crippen LogP contribution is 2.31. The van der Waals surface area contributed by atoms with Gasteiger partial charge < -0.3 is 4.74 Å². The second kappa shape index (κ2) is 9.59. The van der Waals surface area contributed by atoms with Crippen molar-refractivity contribution in [1.82, 2.24) is 0 Å². The molecule has 4 nitrogen and oxygen atoms in total. The minimum absolute atomic E-state index is 0.144. The molecular formula is C30H24N2O2. The molecule has 0 unspecified atom stereocenters. The predicted molar refractivity (Wildman–Crippen MR) is 137 cm³/mol. The number of rotatable bonds is 6. The van der Waals surface area contributed by atoms with Crippen molar-refractivity contribution in [3.05, 3.63) is 132 Å². The molecule has 0 fully saturated rings. The molecule has 4 aromatic rings. The van der Waals surface area contributed by atoms with Gasteiger partial charge in [0, 0.05) is 5.56 Å². The van der Waals surface area contributed by atoms with E-state index in [1.807, 2.05) is 109 Å². The molecule has 1 amide bonds. The number of benzene rings is 4. The number of para-hydroxylation sites is 2. The van der Waals surface area contributed by atoms with Crippen molar-refractivity contribution in [3.8, 4) is 11.5 Å². The molecule has 0 atom stereocenters. The van der Waals surface area contributed by atoms with Gasteiger partial charge in [-0.3, -0.25) is 9.69 Å². The lowest BCUT2D eigenvalue weighted by Crippen LogP contribution is -2.33. The second-order valence-electron chi connectivity index (χ2n) is 7.94. The average Bonchev–Trinajstić information content (AvgIpc) is 3.21. The van der Waals surface area contributed by atoms with Crippen molar-refractivity contribution in [3.63, 3.8) is 0 Å². The monoisotopic (exact) mass is 444 g/mol. The summed E-state index contributed by atoms with van der Waals surface area (Å²) < 4.78 is 5.96. The van der Waals surface area contributed by atoms with Gasteiger partial charge in [0.25, 0.3) is 5.91 Å². The number of carbonyl (C=O) groups excluding carboxylic acids is 1. The lowest BCUT2D eigenvalue weighted by atomic mass is 10.1. The van der Waals surface area contributed by atoms with Crippen LogP contribution in [0.2, 0.25) is 0 Å². The molecule has 34 heavy (non-hydrogen) atoms. The number of hydrogen-bond donors (Lipinski definition) is 0. The molecular weight excluding hydrogens is 420 g/mol. The summed E-state index contributed by atoms with van der Waals surface area (Å²) in [6.45, 7) is 2.09. The number of amidine groups is 1. The third-order valence-corrected chi connectivity index (χ3v) is 5.65. The highest BCUT2D eigenvalue weighted by Gasteiger charge is 2.33. The van der Waals surface area contributed by atoms with Crippen molar-refractivity contribution < 1.29 is 9.53 Å². The Hall–Kier alpha value is -4.44. The SMILES string of the molecule is CCc1ccccc1N1C(=O)C(=Cc2cccc(Oc3ccccc3)c2)N=C1c1ccccc1. The number of hydrogen-bond acceptors (Lipinski definition) is 3. The number of nitrogens with zero attached hydrogens (tertiary/aromatic N) is 2. The van der Waals surface area contributed by atoms with E-state index in [1.54, 1.807) is 4.90 Å². The molecule has 0 radical (unpaired) electrons. The Morgan fingerprint density at radius 2 is 1.47 bits per heavy atom. The molecule has 0 N–H and O–H groups in total. The molecule has 0 saturated heterocycles. The topological polar surface area (TPSA) is 41.9 Å². The summed E-state index contributed by atoms with van der Waals surface area (Å²) in [5.41, 5.74) is 4.09. The van der Waals surface area contributed by atoms with E-state index in [0.29, 0.717) is 17.3 Å². The quantitative estimate of drug-likeness (QED) is 0.304. The van der Waals surface area contributed by atoms with Crippen molar-refractivity contribution in [2.45, 2.75) is 13.3 Å². The van der Waals surface area contributed by atoms with Gasteiger partial charge in [0.15, 0.2) is 0 Å². The highest BCUT2D eigenvalue weighted by atomic mass is 16.5. The molecule has 0 saturated carbocycles.